The van der Waals surface area contributed by atoms with Crippen molar-refractivity contribution in [3.05, 3.63) is 79.9 Å². The molecule has 1 heterocycles. The Morgan fingerprint density at radius 3 is 2.03 bits per heavy atom. The molecule has 168 valence electrons. The van der Waals surface area contributed by atoms with Crippen LogP contribution in [0.25, 0.3) is 0 Å². The van der Waals surface area contributed by atoms with E-state index >= 15 is 0 Å². The SMILES string of the molecule is O=C(OCc1ccccc1[N+](=O)[O-])C1CNCCN1C(=O)OCc1ccccc1[N+](=O)[O-]. The highest BCUT2D eigenvalue weighted by molar-refractivity contribution is 5.82. The third kappa shape index (κ3) is 5.35. The molecule has 32 heavy (non-hydrogen) atoms. The van der Waals surface area contributed by atoms with Crippen LogP contribution in [-0.2, 0) is 27.5 Å². The van der Waals surface area contributed by atoms with Gasteiger partial charge in [-0.25, -0.2) is 9.59 Å². The first-order valence-electron chi connectivity index (χ1n) is 9.64. The van der Waals surface area contributed by atoms with Crippen molar-refractivity contribution >= 4 is 23.4 Å². The zero-order chi connectivity index (χ0) is 23.1. The lowest BCUT2D eigenvalue weighted by Crippen LogP contribution is -2.57. The van der Waals surface area contributed by atoms with Gasteiger partial charge >= 0.3 is 12.1 Å². The van der Waals surface area contributed by atoms with Crippen molar-refractivity contribution in [3.8, 4) is 0 Å². The monoisotopic (exact) mass is 444 g/mol. The van der Waals surface area contributed by atoms with Crippen molar-refractivity contribution < 1.29 is 28.9 Å². The van der Waals surface area contributed by atoms with Crippen molar-refractivity contribution in [2.75, 3.05) is 19.6 Å². The summed E-state index contributed by atoms with van der Waals surface area (Å²) in [5.41, 5.74) is 0.0837. The zero-order valence-electron chi connectivity index (χ0n) is 16.8. The van der Waals surface area contributed by atoms with Crippen LogP contribution in [0.5, 0.6) is 0 Å². The third-order valence-corrected chi connectivity index (χ3v) is 4.85. The molecule has 0 bridgehead atoms. The summed E-state index contributed by atoms with van der Waals surface area (Å²) in [4.78, 5) is 47.5. The number of esters is 1. The normalized spacial score (nSPS) is 15.6. The number of para-hydroxylation sites is 2. The molecule has 0 spiro atoms. The number of rotatable bonds is 7. The van der Waals surface area contributed by atoms with E-state index in [0.717, 1.165) is 0 Å². The summed E-state index contributed by atoms with van der Waals surface area (Å²) in [5, 5.41) is 25.2. The number of benzene rings is 2. The van der Waals surface area contributed by atoms with E-state index in [1.165, 1.54) is 41.3 Å². The maximum absolute atomic E-state index is 12.6. The number of carbonyl (C=O) groups is 2. The average molecular weight is 444 g/mol. The van der Waals surface area contributed by atoms with E-state index in [4.69, 9.17) is 9.47 Å². The number of nitrogens with zero attached hydrogens (tertiary/aromatic N) is 3. The van der Waals surface area contributed by atoms with E-state index in [0.29, 0.717) is 6.54 Å². The van der Waals surface area contributed by atoms with Crippen LogP contribution in [0.1, 0.15) is 11.1 Å². The van der Waals surface area contributed by atoms with Gasteiger partial charge in [0.2, 0.25) is 0 Å². The molecule has 1 atom stereocenters. The maximum atomic E-state index is 12.6. The van der Waals surface area contributed by atoms with E-state index in [1.54, 1.807) is 12.1 Å². The molecular formula is C20H20N4O8. The molecule has 2 aromatic rings. The minimum absolute atomic E-state index is 0.107. The Hall–Kier alpha value is -4.06. The minimum atomic E-state index is -1.01. The number of carbonyl (C=O) groups excluding carboxylic acids is 2. The Morgan fingerprint density at radius 1 is 0.938 bits per heavy atom. The molecule has 0 radical (unpaired) electrons. The number of hydrogen-bond acceptors (Lipinski definition) is 9. The Morgan fingerprint density at radius 2 is 1.47 bits per heavy atom. The molecule has 0 aromatic heterocycles. The third-order valence-electron chi connectivity index (χ3n) is 4.85. The standard InChI is InChI=1S/C20H20N4O8/c25-19(31-12-14-5-1-3-7-16(14)23(27)28)18-11-21-9-10-22(18)20(26)32-13-15-6-2-4-8-17(15)24(29)30/h1-8,18,21H,9-13H2. The second-order valence-corrected chi connectivity index (χ2v) is 6.85. The van der Waals surface area contributed by atoms with Gasteiger partial charge in [0.15, 0.2) is 0 Å². The molecule has 1 aliphatic heterocycles. The lowest BCUT2D eigenvalue weighted by molar-refractivity contribution is -0.386. The van der Waals surface area contributed by atoms with Crippen LogP contribution < -0.4 is 5.32 Å². The van der Waals surface area contributed by atoms with Gasteiger partial charge in [0.05, 0.1) is 21.0 Å². The fourth-order valence-electron chi connectivity index (χ4n) is 3.22. The predicted molar refractivity (Wildman–Crippen MR) is 110 cm³/mol. The molecule has 1 unspecified atom stereocenters. The molecule has 2 aromatic carbocycles. The van der Waals surface area contributed by atoms with Gasteiger partial charge in [-0.2, -0.15) is 0 Å². The highest BCUT2D eigenvalue weighted by Crippen LogP contribution is 2.21. The zero-order valence-corrected chi connectivity index (χ0v) is 16.8. The van der Waals surface area contributed by atoms with Crippen molar-refractivity contribution in [1.82, 2.24) is 10.2 Å². The summed E-state index contributed by atoms with van der Waals surface area (Å²) in [6.07, 6.45) is -0.822. The highest BCUT2D eigenvalue weighted by atomic mass is 16.6. The molecule has 1 aliphatic rings. The maximum Gasteiger partial charge on any atom is 0.410 e. The fourth-order valence-corrected chi connectivity index (χ4v) is 3.22. The predicted octanol–water partition coefficient (Wildman–Crippen LogP) is 2.16. The van der Waals surface area contributed by atoms with Crippen LogP contribution in [-0.4, -0.2) is 52.5 Å². The number of hydrogen-bond donors (Lipinski definition) is 1. The molecule has 1 amide bonds. The van der Waals surface area contributed by atoms with E-state index in [1.807, 2.05) is 0 Å². The molecule has 1 fully saturated rings. The second-order valence-electron chi connectivity index (χ2n) is 6.85. The lowest BCUT2D eigenvalue weighted by Gasteiger charge is -2.33. The van der Waals surface area contributed by atoms with Gasteiger partial charge in [0.1, 0.15) is 19.3 Å². The van der Waals surface area contributed by atoms with E-state index in [9.17, 15) is 29.8 Å². The van der Waals surface area contributed by atoms with Crippen LogP contribution in [0, 0.1) is 20.2 Å². The minimum Gasteiger partial charge on any atom is -0.459 e. The van der Waals surface area contributed by atoms with Crippen LogP contribution in [0.3, 0.4) is 0 Å². The Balaban J connectivity index is 1.64. The van der Waals surface area contributed by atoms with Gasteiger partial charge in [-0.1, -0.05) is 24.3 Å². The molecular weight excluding hydrogens is 424 g/mol. The number of amides is 1. The summed E-state index contributed by atoms with van der Waals surface area (Å²) >= 11 is 0. The first-order valence-corrected chi connectivity index (χ1v) is 9.64. The van der Waals surface area contributed by atoms with Gasteiger partial charge in [-0.05, 0) is 12.1 Å². The number of ether oxygens (including phenoxy) is 2. The summed E-state index contributed by atoms with van der Waals surface area (Å²) in [7, 11) is 0. The number of nitro benzene ring substituents is 2. The van der Waals surface area contributed by atoms with Gasteiger partial charge in [0, 0.05) is 31.8 Å². The molecule has 12 heteroatoms. The van der Waals surface area contributed by atoms with Crippen molar-refractivity contribution in [1.29, 1.82) is 0 Å². The van der Waals surface area contributed by atoms with E-state index < -0.39 is 28.0 Å². The highest BCUT2D eigenvalue weighted by Gasteiger charge is 2.35. The topological polar surface area (TPSA) is 154 Å². The lowest BCUT2D eigenvalue weighted by atomic mass is 10.2. The van der Waals surface area contributed by atoms with Gasteiger partial charge in [-0.3, -0.25) is 25.1 Å². The Labute approximate surface area is 182 Å². The van der Waals surface area contributed by atoms with Gasteiger partial charge in [-0.15, -0.1) is 0 Å². The quantitative estimate of drug-likeness (QED) is 0.384. The van der Waals surface area contributed by atoms with Crippen molar-refractivity contribution in [2.24, 2.45) is 0 Å². The Bertz CT molecular complexity index is 947. The number of piperazine rings is 1. The molecule has 0 saturated carbocycles. The number of nitrogens with one attached hydrogen (secondary N) is 1. The smallest absolute Gasteiger partial charge is 0.410 e. The first kappa shape index (κ1) is 22.6. The molecule has 0 aliphatic carbocycles. The largest absolute Gasteiger partial charge is 0.459 e. The number of nitro groups is 2. The molecule has 1 N–H and O–H groups in total. The van der Waals surface area contributed by atoms with Crippen LogP contribution in [0.15, 0.2) is 48.5 Å². The van der Waals surface area contributed by atoms with Gasteiger partial charge in [0.25, 0.3) is 11.4 Å². The van der Waals surface area contributed by atoms with Crippen LogP contribution >= 0.6 is 0 Å². The second kappa shape index (κ2) is 10.3. The summed E-state index contributed by atoms with van der Waals surface area (Å²) in [5.74, 6) is -0.752. The first-order chi connectivity index (χ1) is 15.4. The van der Waals surface area contributed by atoms with E-state index in [-0.39, 0.29) is 48.8 Å². The van der Waals surface area contributed by atoms with Crippen LogP contribution in [0.2, 0.25) is 0 Å². The van der Waals surface area contributed by atoms with Crippen LogP contribution in [0.4, 0.5) is 16.2 Å². The summed E-state index contributed by atoms with van der Waals surface area (Å²) in [6, 6.07) is 10.7. The molecule has 1 saturated heterocycles. The van der Waals surface area contributed by atoms with Crippen molar-refractivity contribution in [2.45, 2.75) is 19.3 Å². The summed E-state index contributed by atoms with van der Waals surface area (Å²) < 4.78 is 10.4. The molecule has 3 rings (SSSR count). The fraction of sp³-hybridized carbons (Fsp3) is 0.300. The summed E-state index contributed by atoms with van der Waals surface area (Å²) in [6.45, 7) is 0.00919. The van der Waals surface area contributed by atoms with E-state index in [2.05, 4.69) is 5.32 Å². The van der Waals surface area contributed by atoms with Gasteiger partial charge < -0.3 is 14.8 Å². The Kier molecular flexibility index (Phi) is 7.29. The average Bonchev–Trinajstić information content (AvgIpc) is 2.81. The van der Waals surface area contributed by atoms with Crippen molar-refractivity contribution in [3.63, 3.8) is 0 Å². The molecule has 12 nitrogen and oxygen atoms in total.